The van der Waals surface area contributed by atoms with Crippen molar-refractivity contribution in [3.8, 4) is 0 Å². The SMILES string of the molecule is CC(C)(C)OC(=O)NC[C@@H]1CNC[C@H]1C(F)(F)F. The lowest BCUT2D eigenvalue weighted by molar-refractivity contribution is -0.178. The molecule has 0 spiro atoms. The number of rotatable bonds is 2. The van der Waals surface area contributed by atoms with E-state index < -0.39 is 29.7 Å². The molecule has 1 fully saturated rings. The van der Waals surface area contributed by atoms with Gasteiger partial charge in [-0.05, 0) is 20.8 Å². The third-order valence-electron chi connectivity index (χ3n) is 2.67. The summed E-state index contributed by atoms with van der Waals surface area (Å²) < 4.78 is 42.8. The molecule has 1 saturated heterocycles. The lowest BCUT2D eigenvalue weighted by Gasteiger charge is -2.23. The van der Waals surface area contributed by atoms with Gasteiger partial charge in [0, 0.05) is 25.6 Å². The van der Waals surface area contributed by atoms with Crippen LogP contribution in [0, 0.1) is 11.8 Å². The molecule has 4 nitrogen and oxygen atoms in total. The number of carbonyl (C=O) groups is 1. The minimum Gasteiger partial charge on any atom is -0.444 e. The molecular weight excluding hydrogens is 249 g/mol. The first kappa shape index (κ1) is 15.1. The van der Waals surface area contributed by atoms with E-state index in [4.69, 9.17) is 4.74 Å². The molecule has 0 radical (unpaired) electrons. The van der Waals surface area contributed by atoms with Crippen molar-refractivity contribution < 1.29 is 22.7 Å². The minimum atomic E-state index is -4.23. The smallest absolute Gasteiger partial charge is 0.407 e. The highest BCUT2D eigenvalue weighted by molar-refractivity contribution is 5.67. The third kappa shape index (κ3) is 4.72. The van der Waals surface area contributed by atoms with Gasteiger partial charge in [0.2, 0.25) is 0 Å². The molecule has 0 aromatic carbocycles. The Morgan fingerprint density at radius 2 is 1.94 bits per heavy atom. The van der Waals surface area contributed by atoms with Gasteiger partial charge in [-0.3, -0.25) is 0 Å². The first-order chi connectivity index (χ1) is 8.09. The molecule has 1 heterocycles. The number of alkyl carbamates (subject to hydrolysis) is 1. The normalized spacial score (nSPS) is 25.0. The van der Waals surface area contributed by atoms with E-state index in [2.05, 4.69) is 10.6 Å². The van der Waals surface area contributed by atoms with Crippen molar-refractivity contribution in [1.29, 1.82) is 0 Å². The van der Waals surface area contributed by atoms with E-state index in [0.29, 0.717) is 0 Å². The van der Waals surface area contributed by atoms with Crippen molar-refractivity contribution in [2.45, 2.75) is 32.5 Å². The van der Waals surface area contributed by atoms with Crippen LogP contribution in [0.15, 0.2) is 0 Å². The number of alkyl halides is 3. The van der Waals surface area contributed by atoms with Crippen LogP contribution in [0.3, 0.4) is 0 Å². The topological polar surface area (TPSA) is 50.4 Å². The summed E-state index contributed by atoms with van der Waals surface area (Å²) in [7, 11) is 0. The number of hydrogen-bond acceptors (Lipinski definition) is 3. The van der Waals surface area contributed by atoms with Crippen LogP contribution in [-0.2, 0) is 4.74 Å². The van der Waals surface area contributed by atoms with Gasteiger partial charge in [-0.1, -0.05) is 0 Å². The summed E-state index contributed by atoms with van der Waals surface area (Å²) in [4.78, 5) is 11.3. The molecule has 0 aromatic heterocycles. The predicted molar refractivity (Wildman–Crippen MR) is 60.1 cm³/mol. The van der Waals surface area contributed by atoms with Gasteiger partial charge in [0.15, 0.2) is 0 Å². The number of ether oxygens (including phenoxy) is 1. The molecule has 0 aliphatic carbocycles. The Labute approximate surface area is 104 Å². The molecule has 0 saturated carbocycles. The van der Waals surface area contributed by atoms with Crippen LogP contribution in [0.5, 0.6) is 0 Å². The van der Waals surface area contributed by atoms with Crippen LogP contribution in [0.25, 0.3) is 0 Å². The van der Waals surface area contributed by atoms with Gasteiger partial charge in [-0.15, -0.1) is 0 Å². The third-order valence-corrected chi connectivity index (χ3v) is 2.67. The summed E-state index contributed by atoms with van der Waals surface area (Å²) in [5.41, 5.74) is -0.651. The van der Waals surface area contributed by atoms with E-state index in [1.807, 2.05) is 0 Å². The number of halogens is 3. The van der Waals surface area contributed by atoms with Crippen LogP contribution in [0.4, 0.5) is 18.0 Å². The highest BCUT2D eigenvalue weighted by Gasteiger charge is 2.47. The van der Waals surface area contributed by atoms with Crippen molar-refractivity contribution in [2.24, 2.45) is 11.8 Å². The maximum Gasteiger partial charge on any atom is 0.407 e. The van der Waals surface area contributed by atoms with Crippen LogP contribution in [0.1, 0.15) is 20.8 Å². The Kier molecular flexibility index (Phi) is 4.47. The van der Waals surface area contributed by atoms with Crippen molar-refractivity contribution in [1.82, 2.24) is 10.6 Å². The molecule has 1 rings (SSSR count). The monoisotopic (exact) mass is 268 g/mol. The van der Waals surface area contributed by atoms with E-state index in [0.717, 1.165) is 0 Å². The Bertz CT molecular complexity index is 300. The molecular formula is C11H19F3N2O2. The first-order valence-electron chi connectivity index (χ1n) is 5.84. The van der Waals surface area contributed by atoms with Crippen LogP contribution in [-0.4, -0.2) is 37.5 Å². The van der Waals surface area contributed by atoms with Crippen LogP contribution >= 0.6 is 0 Å². The maximum atomic E-state index is 12.6. The van der Waals surface area contributed by atoms with E-state index in [1.165, 1.54) is 0 Å². The summed E-state index contributed by atoms with van der Waals surface area (Å²) >= 11 is 0. The number of carbonyl (C=O) groups excluding carboxylic acids is 1. The molecule has 1 amide bonds. The number of hydrogen-bond donors (Lipinski definition) is 2. The fourth-order valence-corrected chi connectivity index (χ4v) is 1.86. The lowest BCUT2D eigenvalue weighted by atomic mass is 9.95. The van der Waals surface area contributed by atoms with E-state index in [-0.39, 0.29) is 19.6 Å². The molecule has 0 aromatic rings. The lowest BCUT2D eigenvalue weighted by Crippen LogP contribution is -2.39. The summed E-state index contributed by atoms with van der Waals surface area (Å²) in [5, 5.41) is 5.07. The molecule has 106 valence electrons. The van der Waals surface area contributed by atoms with Gasteiger partial charge in [-0.25, -0.2) is 4.79 Å². The van der Waals surface area contributed by atoms with Crippen LogP contribution in [0.2, 0.25) is 0 Å². The Balaban J connectivity index is 2.41. The van der Waals surface area contributed by atoms with Crippen molar-refractivity contribution >= 4 is 6.09 Å². The molecule has 0 bridgehead atoms. The van der Waals surface area contributed by atoms with Gasteiger partial charge >= 0.3 is 12.3 Å². The first-order valence-corrected chi connectivity index (χ1v) is 5.84. The number of amides is 1. The highest BCUT2D eigenvalue weighted by Crippen LogP contribution is 2.33. The zero-order chi connectivity index (χ0) is 14.0. The predicted octanol–water partition coefficient (Wildman–Crippen LogP) is 1.91. The van der Waals surface area contributed by atoms with Crippen LogP contribution < -0.4 is 10.6 Å². The molecule has 1 aliphatic rings. The Morgan fingerprint density at radius 3 is 2.44 bits per heavy atom. The maximum absolute atomic E-state index is 12.6. The van der Waals surface area contributed by atoms with Gasteiger partial charge in [-0.2, -0.15) is 13.2 Å². The minimum absolute atomic E-state index is 0.0356. The Hall–Kier alpha value is -0.980. The van der Waals surface area contributed by atoms with Crippen molar-refractivity contribution in [2.75, 3.05) is 19.6 Å². The van der Waals surface area contributed by atoms with Gasteiger partial charge in [0.1, 0.15) is 5.60 Å². The average molecular weight is 268 g/mol. The molecule has 1 aliphatic heterocycles. The summed E-state index contributed by atoms with van der Waals surface area (Å²) in [6.07, 6.45) is -4.92. The average Bonchev–Trinajstić information content (AvgIpc) is 2.58. The summed E-state index contributed by atoms with van der Waals surface area (Å²) in [5.74, 6) is -2.05. The summed E-state index contributed by atoms with van der Waals surface area (Å²) in [6, 6.07) is 0. The fraction of sp³-hybridized carbons (Fsp3) is 0.909. The van der Waals surface area contributed by atoms with E-state index in [1.54, 1.807) is 20.8 Å². The molecule has 18 heavy (non-hydrogen) atoms. The largest absolute Gasteiger partial charge is 0.444 e. The standard InChI is InChI=1S/C11H19F3N2O2/c1-10(2,3)18-9(17)16-5-7-4-15-6-8(7)11(12,13)14/h7-8,15H,4-6H2,1-3H3,(H,16,17)/t7-,8+/m0/s1. The summed E-state index contributed by atoms with van der Waals surface area (Å²) in [6.45, 7) is 5.21. The molecule has 0 unspecified atom stereocenters. The Morgan fingerprint density at radius 1 is 1.33 bits per heavy atom. The zero-order valence-electron chi connectivity index (χ0n) is 10.7. The van der Waals surface area contributed by atoms with E-state index >= 15 is 0 Å². The van der Waals surface area contributed by atoms with Crippen molar-refractivity contribution in [3.63, 3.8) is 0 Å². The second-order valence-corrected chi connectivity index (χ2v) is 5.45. The fourth-order valence-electron chi connectivity index (χ4n) is 1.86. The van der Waals surface area contributed by atoms with E-state index in [9.17, 15) is 18.0 Å². The van der Waals surface area contributed by atoms with Gasteiger partial charge in [0.25, 0.3) is 0 Å². The second kappa shape index (κ2) is 5.34. The van der Waals surface area contributed by atoms with Crippen molar-refractivity contribution in [3.05, 3.63) is 0 Å². The van der Waals surface area contributed by atoms with Gasteiger partial charge < -0.3 is 15.4 Å². The zero-order valence-corrected chi connectivity index (χ0v) is 10.7. The highest BCUT2D eigenvalue weighted by atomic mass is 19.4. The molecule has 2 atom stereocenters. The molecule has 7 heteroatoms. The molecule has 2 N–H and O–H groups in total. The van der Waals surface area contributed by atoms with Gasteiger partial charge in [0.05, 0.1) is 5.92 Å². The number of nitrogens with one attached hydrogen (secondary N) is 2. The quantitative estimate of drug-likeness (QED) is 0.804. The second-order valence-electron chi connectivity index (χ2n) is 5.45.